The highest BCUT2D eigenvalue weighted by atomic mass is 35.5. The third kappa shape index (κ3) is 25.9. The van der Waals surface area contributed by atoms with Crippen LogP contribution in [0.5, 0.6) is 5.75 Å². The van der Waals surface area contributed by atoms with Crippen molar-refractivity contribution in [3.05, 3.63) is 53.0 Å². The first-order valence-corrected chi connectivity index (χ1v) is 31.9. The Bertz CT molecular complexity index is 2710. The molecule has 3 aromatic heterocycles. The zero-order valence-corrected chi connectivity index (χ0v) is 51.8. The number of benzene rings is 1. The van der Waals surface area contributed by atoms with Crippen LogP contribution < -0.4 is 9.64 Å². The number of ether oxygens (including phenoxy) is 16. The van der Waals surface area contributed by atoms with Crippen LogP contribution in [0.3, 0.4) is 0 Å². The van der Waals surface area contributed by atoms with E-state index in [1.165, 1.54) is 4.68 Å². The molecule has 1 aliphatic carbocycles. The highest BCUT2D eigenvalue weighted by molar-refractivity contribution is 7.51. The summed E-state index contributed by atoms with van der Waals surface area (Å²) in [6.45, 7) is 11.2. The Balaban J connectivity index is 0.565. The summed E-state index contributed by atoms with van der Waals surface area (Å²) >= 11 is 6.38. The lowest BCUT2D eigenvalue weighted by Crippen LogP contribution is -2.58. The number of nitrogens with zero attached hydrogens (tertiary/aromatic N) is 8. The van der Waals surface area contributed by atoms with Crippen molar-refractivity contribution in [1.82, 2.24) is 34.7 Å². The molecule has 4 aromatic rings. The summed E-state index contributed by atoms with van der Waals surface area (Å²) in [7, 11) is -4.43. The summed E-state index contributed by atoms with van der Waals surface area (Å²) in [6, 6.07) is 0.841. The summed E-state index contributed by atoms with van der Waals surface area (Å²) in [5.41, 5.74) is 1.12. The number of carbonyl (C=O) groups is 1. The van der Waals surface area contributed by atoms with Crippen molar-refractivity contribution in [2.24, 2.45) is 5.41 Å². The van der Waals surface area contributed by atoms with Crippen molar-refractivity contribution < 1.29 is 118 Å². The quantitative estimate of drug-likeness (QED) is 0.0162. The number of hydrogen-bond acceptors (Lipinski definition) is 26. The van der Waals surface area contributed by atoms with Crippen molar-refractivity contribution in [2.75, 3.05) is 190 Å². The van der Waals surface area contributed by atoms with Gasteiger partial charge in [0, 0.05) is 30.6 Å². The van der Waals surface area contributed by atoms with Gasteiger partial charge in [-0.15, -0.1) is 5.10 Å². The van der Waals surface area contributed by atoms with Gasteiger partial charge in [-0.25, -0.2) is 22.5 Å². The highest BCUT2D eigenvalue weighted by Gasteiger charge is 2.48. The lowest BCUT2D eigenvalue weighted by Gasteiger charge is -2.54. The van der Waals surface area contributed by atoms with Gasteiger partial charge < -0.3 is 101 Å². The number of hydrogen-bond donors (Lipinski definition) is 4. The van der Waals surface area contributed by atoms with Gasteiger partial charge in [0.05, 0.1) is 209 Å². The SMILES string of the molecule is O=C(CCOCCOCCOCCOCCOCCOCCOCCOCCn1cc(COCCOCCOCCOCCOC2CCC3(CC2)CN(c2nc(Cl)nc4c2cnn4[C@@H]2O[C@H](COCP(=O)(O)O)[C@@H](O)[C@H]2O)C3)nn1)Oc1c(F)cc(F)cc1F. The summed E-state index contributed by atoms with van der Waals surface area (Å²) in [4.78, 5) is 40.9. The third-order valence-electron chi connectivity index (χ3n) is 14.1. The van der Waals surface area contributed by atoms with Crippen molar-refractivity contribution in [3.63, 3.8) is 0 Å². The van der Waals surface area contributed by atoms with E-state index in [4.69, 9.17) is 92.4 Å². The maximum atomic E-state index is 13.6. The van der Waals surface area contributed by atoms with Crippen LogP contribution in [-0.2, 0) is 93.6 Å². The first-order valence-electron chi connectivity index (χ1n) is 29.8. The van der Waals surface area contributed by atoms with E-state index in [9.17, 15) is 32.7 Å². The second-order valence-electron chi connectivity index (χ2n) is 21.0. The van der Waals surface area contributed by atoms with Gasteiger partial charge in [-0.2, -0.15) is 15.1 Å². The van der Waals surface area contributed by atoms with Crippen LogP contribution in [0.2, 0.25) is 5.28 Å². The molecule has 1 spiro atoms. The number of carbonyl (C=O) groups excluding carboxylic acids is 1. The van der Waals surface area contributed by atoms with Crippen molar-refractivity contribution in [2.45, 2.75) is 75.9 Å². The monoisotopic (exact) mass is 1330 g/mol. The second kappa shape index (κ2) is 40.1. The predicted octanol–water partition coefficient (Wildman–Crippen LogP) is 2.42. The number of aliphatic hydroxyl groups is 2. The first kappa shape index (κ1) is 73.1. The van der Waals surface area contributed by atoms with Crippen LogP contribution in [0.25, 0.3) is 11.0 Å². The van der Waals surface area contributed by atoms with E-state index < -0.39 is 67.7 Å². The van der Waals surface area contributed by atoms with Crippen LogP contribution in [0.1, 0.15) is 44.0 Å². The van der Waals surface area contributed by atoms with E-state index in [1.54, 1.807) is 10.9 Å². The normalized spacial score (nSPS) is 18.6. The molecular formula is C55H83ClF3N8O22P. The average Bonchev–Trinajstić information content (AvgIpc) is 1.39. The summed E-state index contributed by atoms with van der Waals surface area (Å²) in [6.07, 6.45) is 1.22. The van der Waals surface area contributed by atoms with Gasteiger partial charge in [-0.1, -0.05) is 5.21 Å². The molecule has 90 heavy (non-hydrogen) atoms. The fraction of sp³-hybridized carbons (Fsp3) is 0.745. The minimum Gasteiger partial charge on any atom is -0.420 e. The molecule has 0 unspecified atom stereocenters. The molecule has 5 heterocycles. The van der Waals surface area contributed by atoms with Gasteiger partial charge in [-0.3, -0.25) is 9.36 Å². The Kier molecular flexibility index (Phi) is 32.6. The van der Waals surface area contributed by atoms with Gasteiger partial charge in [0.2, 0.25) is 11.0 Å². The summed E-state index contributed by atoms with van der Waals surface area (Å²) in [5.74, 6) is -5.01. The van der Waals surface area contributed by atoms with Crippen LogP contribution >= 0.6 is 19.2 Å². The maximum absolute atomic E-state index is 13.6. The minimum atomic E-state index is -4.43. The lowest BCUT2D eigenvalue weighted by molar-refractivity contribution is -0.136. The number of halogens is 4. The lowest BCUT2D eigenvalue weighted by atomic mass is 9.68. The van der Waals surface area contributed by atoms with Crippen molar-refractivity contribution in [1.29, 1.82) is 0 Å². The number of esters is 1. The number of anilines is 1. The van der Waals surface area contributed by atoms with Crippen molar-refractivity contribution >= 4 is 42.0 Å². The van der Waals surface area contributed by atoms with E-state index in [0.29, 0.717) is 187 Å². The molecule has 4 N–H and O–H groups in total. The van der Waals surface area contributed by atoms with E-state index in [-0.39, 0.29) is 49.7 Å². The molecule has 3 fully saturated rings. The fourth-order valence-electron chi connectivity index (χ4n) is 9.64. The van der Waals surface area contributed by atoms with E-state index in [1.807, 2.05) is 6.20 Å². The minimum absolute atomic E-state index is 0.0183. The molecule has 2 aliphatic heterocycles. The molecule has 0 amide bonds. The zero-order valence-electron chi connectivity index (χ0n) is 50.1. The largest absolute Gasteiger partial charge is 0.420 e. The van der Waals surface area contributed by atoms with Gasteiger partial charge in [0.25, 0.3) is 0 Å². The number of rotatable bonds is 49. The molecule has 30 nitrogen and oxygen atoms in total. The standard InChI is InChI=1S/C55H83ClF3N8O22P/c56-54-61-51(43-33-60-67(52(43)62-54)53-49(70)48(69)46(88-53)36-86-39-90(71,72)73)65-37-55(38-65)4-1-42(2-5-55)87-30-29-84-26-25-82-23-24-83-27-28-85-35-41-34-66(64-63-41)6-8-75-10-12-77-14-16-79-18-20-81-22-21-80-19-17-78-15-13-76-11-9-74-7-3-47(68)89-50-44(58)31-40(57)32-45(50)59/h31-34,42,46,48-49,53,69-70H,1-30,35-39H2,(H2,71,72,73)/t46-,48-,49-,53-/m1/s1. The molecule has 7 rings (SSSR count). The van der Waals surface area contributed by atoms with E-state index >= 15 is 0 Å². The molecule has 1 saturated carbocycles. The van der Waals surface area contributed by atoms with Crippen LogP contribution in [0, 0.1) is 22.9 Å². The Hall–Kier alpha value is -4.27. The molecule has 508 valence electrons. The maximum Gasteiger partial charge on any atom is 0.350 e. The average molecular weight is 1330 g/mol. The summed E-state index contributed by atoms with van der Waals surface area (Å²) < 4.78 is 142. The number of aromatic nitrogens is 7. The Labute approximate surface area is 523 Å². The van der Waals surface area contributed by atoms with E-state index in [0.717, 1.165) is 38.8 Å². The molecule has 3 aliphatic rings. The van der Waals surface area contributed by atoms with Gasteiger partial charge in [-0.05, 0) is 37.3 Å². The molecule has 2 saturated heterocycles. The molecule has 1 aromatic carbocycles. The summed E-state index contributed by atoms with van der Waals surface area (Å²) in [5, 5.41) is 34.6. The Morgan fingerprint density at radius 2 is 1.17 bits per heavy atom. The smallest absolute Gasteiger partial charge is 0.350 e. The first-order chi connectivity index (χ1) is 43.7. The highest BCUT2D eigenvalue weighted by Crippen LogP contribution is 2.47. The number of aliphatic hydroxyl groups excluding tert-OH is 2. The third-order valence-corrected chi connectivity index (χ3v) is 14.8. The van der Waals surface area contributed by atoms with Crippen molar-refractivity contribution in [3.8, 4) is 5.75 Å². The Morgan fingerprint density at radius 3 is 1.70 bits per heavy atom. The molecule has 0 radical (unpaired) electrons. The fourth-order valence-corrected chi connectivity index (χ4v) is 10.1. The van der Waals surface area contributed by atoms with Gasteiger partial charge in [0.15, 0.2) is 23.5 Å². The topological polar surface area (TPSA) is 340 Å². The van der Waals surface area contributed by atoms with Gasteiger partial charge in [0.1, 0.15) is 42.0 Å². The van der Waals surface area contributed by atoms with Crippen LogP contribution in [0.15, 0.2) is 24.5 Å². The molecular weight excluding hydrogens is 1250 g/mol. The predicted molar refractivity (Wildman–Crippen MR) is 307 cm³/mol. The number of fused-ring (bicyclic) bond motifs is 1. The molecule has 35 heteroatoms. The second-order valence-corrected chi connectivity index (χ2v) is 22.9. The van der Waals surface area contributed by atoms with Crippen LogP contribution in [0.4, 0.5) is 19.0 Å². The molecule has 4 atom stereocenters. The van der Waals surface area contributed by atoms with Gasteiger partial charge >= 0.3 is 13.6 Å². The zero-order chi connectivity index (χ0) is 63.8. The van der Waals surface area contributed by atoms with E-state index in [2.05, 4.69) is 35.0 Å². The van der Waals surface area contributed by atoms with Crippen LogP contribution in [-0.4, -0.2) is 270 Å². The Morgan fingerprint density at radius 1 is 0.667 bits per heavy atom. The molecule has 0 bridgehead atoms.